The predicted molar refractivity (Wildman–Crippen MR) is 77.4 cm³/mol. The number of nitrogens with zero attached hydrogens (tertiary/aromatic N) is 2. The lowest BCUT2D eigenvalue weighted by Crippen LogP contribution is -2.20. The summed E-state index contributed by atoms with van der Waals surface area (Å²) in [5.74, 6) is -0.0183. The Labute approximate surface area is 125 Å². The highest BCUT2D eigenvalue weighted by molar-refractivity contribution is 6.43. The Morgan fingerprint density at radius 2 is 2.15 bits per heavy atom. The van der Waals surface area contributed by atoms with E-state index in [2.05, 4.69) is 15.3 Å². The highest BCUT2D eigenvalue weighted by Gasteiger charge is 2.09. The number of rotatable bonds is 4. The van der Waals surface area contributed by atoms with Crippen LogP contribution in [0.2, 0.25) is 10.0 Å². The lowest BCUT2D eigenvalue weighted by Gasteiger charge is -2.09. The van der Waals surface area contributed by atoms with E-state index in [0.29, 0.717) is 21.6 Å². The quantitative estimate of drug-likeness (QED) is 0.942. The largest absolute Gasteiger partial charge is 0.467 e. The van der Waals surface area contributed by atoms with Crippen LogP contribution in [0, 0.1) is 6.92 Å². The van der Waals surface area contributed by atoms with Crippen LogP contribution >= 0.6 is 23.2 Å². The standard InChI is InChI=1S/C13H11Cl2N3O2/c1-8-5-12(17-7-16-8)20-6-11(19)18-10-4-2-3-9(14)13(10)15/h2-5,7H,6H2,1H3,(H,18,19). The van der Waals surface area contributed by atoms with Crippen LogP contribution in [0.1, 0.15) is 5.69 Å². The van der Waals surface area contributed by atoms with Crippen molar-refractivity contribution in [3.05, 3.63) is 46.3 Å². The summed E-state index contributed by atoms with van der Waals surface area (Å²) in [6.45, 7) is 1.62. The van der Waals surface area contributed by atoms with Gasteiger partial charge in [0.25, 0.3) is 5.91 Å². The summed E-state index contributed by atoms with van der Waals surface area (Å²) >= 11 is 11.8. The molecule has 1 aromatic heterocycles. The fourth-order valence-corrected chi connectivity index (χ4v) is 1.78. The minimum atomic E-state index is -0.356. The van der Waals surface area contributed by atoms with E-state index in [0.717, 1.165) is 5.69 Å². The van der Waals surface area contributed by atoms with Gasteiger partial charge in [0.1, 0.15) is 6.33 Å². The zero-order valence-corrected chi connectivity index (χ0v) is 12.1. The van der Waals surface area contributed by atoms with E-state index in [-0.39, 0.29) is 12.5 Å². The molecule has 0 aliphatic carbocycles. The molecule has 104 valence electrons. The fraction of sp³-hybridized carbons (Fsp3) is 0.154. The van der Waals surface area contributed by atoms with E-state index in [4.69, 9.17) is 27.9 Å². The van der Waals surface area contributed by atoms with Crippen molar-refractivity contribution in [2.24, 2.45) is 0 Å². The topological polar surface area (TPSA) is 64.1 Å². The van der Waals surface area contributed by atoms with Gasteiger partial charge in [0, 0.05) is 11.8 Å². The number of nitrogens with one attached hydrogen (secondary N) is 1. The van der Waals surface area contributed by atoms with E-state index in [1.165, 1.54) is 6.33 Å². The molecular formula is C13H11Cl2N3O2. The summed E-state index contributed by atoms with van der Waals surface area (Å²) in [7, 11) is 0. The highest BCUT2D eigenvalue weighted by Crippen LogP contribution is 2.29. The molecule has 7 heteroatoms. The summed E-state index contributed by atoms with van der Waals surface area (Å²) in [5.41, 5.74) is 1.19. The van der Waals surface area contributed by atoms with Crippen LogP contribution < -0.4 is 10.1 Å². The minimum Gasteiger partial charge on any atom is -0.467 e. The molecule has 1 N–H and O–H groups in total. The molecule has 0 saturated heterocycles. The molecule has 20 heavy (non-hydrogen) atoms. The molecule has 5 nitrogen and oxygen atoms in total. The third-order valence-corrected chi connectivity index (χ3v) is 3.17. The molecule has 0 fully saturated rings. The molecule has 2 rings (SSSR count). The molecule has 0 atom stereocenters. The number of carbonyl (C=O) groups is 1. The van der Waals surface area contributed by atoms with E-state index < -0.39 is 0 Å². The van der Waals surface area contributed by atoms with Gasteiger partial charge < -0.3 is 10.1 Å². The average Bonchev–Trinajstić information content (AvgIpc) is 2.42. The van der Waals surface area contributed by atoms with Crippen molar-refractivity contribution in [1.82, 2.24) is 9.97 Å². The first-order valence-corrected chi connectivity index (χ1v) is 6.47. The zero-order valence-electron chi connectivity index (χ0n) is 10.6. The van der Waals surface area contributed by atoms with Crippen molar-refractivity contribution in [3.8, 4) is 5.88 Å². The van der Waals surface area contributed by atoms with Gasteiger partial charge in [0.2, 0.25) is 5.88 Å². The minimum absolute atomic E-state index is 0.181. The third-order valence-electron chi connectivity index (χ3n) is 2.36. The second-order valence-corrected chi connectivity index (χ2v) is 4.72. The Morgan fingerprint density at radius 3 is 2.90 bits per heavy atom. The molecule has 0 spiro atoms. The fourth-order valence-electron chi connectivity index (χ4n) is 1.44. The molecule has 2 aromatic rings. The highest BCUT2D eigenvalue weighted by atomic mass is 35.5. The summed E-state index contributed by atoms with van der Waals surface area (Å²) < 4.78 is 5.25. The molecule has 0 radical (unpaired) electrons. The second-order valence-electron chi connectivity index (χ2n) is 3.94. The predicted octanol–water partition coefficient (Wildman–Crippen LogP) is 3.11. The maximum absolute atomic E-state index is 11.8. The van der Waals surface area contributed by atoms with Crippen LogP contribution in [-0.4, -0.2) is 22.5 Å². The molecule has 0 saturated carbocycles. The van der Waals surface area contributed by atoms with Crippen molar-refractivity contribution < 1.29 is 9.53 Å². The number of amides is 1. The number of ether oxygens (including phenoxy) is 1. The Morgan fingerprint density at radius 1 is 1.35 bits per heavy atom. The molecule has 1 heterocycles. The zero-order chi connectivity index (χ0) is 14.5. The van der Waals surface area contributed by atoms with Gasteiger partial charge in [-0.15, -0.1) is 0 Å². The molecular weight excluding hydrogens is 301 g/mol. The Kier molecular flexibility index (Phi) is 4.76. The number of halogens is 2. The third kappa shape index (κ3) is 3.82. The molecule has 1 aromatic carbocycles. The van der Waals surface area contributed by atoms with Gasteiger partial charge in [0.15, 0.2) is 6.61 Å². The van der Waals surface area contributed by atoms with Crippen molar-refractivity contribution in [1.29, 1.82) is 0 Å². The maximum atomic E-state index is 11.8. The van der Waals surface area contributed by atoms with Crippen LogP contribution in [0.3, 0.4) is 0 Å². The first kappa shape index (κ1) is 14.6. The molecule has 0 unspecified atom stereocenters. The monoisotopic (exact) mass is 311 g/mol. The lowest BCUT2D eigenvalue weighted by molar-refractivity contribution is -0.118. The normalized spacial score (nSPS) is 10.2. The van der Waals surface area contributed by atoms with E-state index >= 15 is 0 Å². The van der Waals surface area contributed by atoms with Crippen LogP contribution in [0.5, 0.6) is 5.88 Å². The second kappa shape index (κ2) is 6.54. The number of aryl methyl sites for hydroxylation is 1. The lowest BCUT2D eigenvalue weighted by atomic mass is 10.3. The van der Waals surface area contributed by atoms with Crippen molar-refractivity contribution in [3.63, 3.8) is 0 Å². The van der Waals surface area contributed by atoms with Crippen molar-refractivity contribution in [2.45, 2.75) is 6.92 Å². The SMILES string of the molecule is Cc1cc(OCC(=O)Nc2cccc(Cl)c2Cl)ncn1. The van der Waals surface area contributed by atoms with Crippen LogP contribution in [0.15, 0.2) is 30.6 Å². The summed E-state index contributed by atoms with van der Waals surface area (Å²) in [6.07, 6.45) is 1.37. The van der Waals surface area contributed by atoms with Gasteiger partial charge in [-0.25, -0.2) is 9.97 Å². The van der Waals surface area contributed by atoms with Gasteiger partial charge in [-0.05, 0) is 19.1 Å². The van der Waals surface area contributed by atoms with Crippen molar-refractivity contribution in [2.75, 3.05) is 11.9 Å². The van der Waals surface area contributed by atoms with Crippen molar-refractivity contribution >= 4 is 34.8 Å². The van der Waals surface area contributed by atoms with Gasteiger partial charge >= 0.3 is 0 Å². The Hall–Kier alpha value is -1.85. The van der Waals surface area contributed by atoms with Crippen LogP contribution in [0.25, 0.3) is 0 Å². The van der Waals surface area contributed by atoms with E-state index in [1.807, 2.05) is 0 Å². The number of aromatic nitrogens is 2. The van der Waals surface area contributed by atoms with E-state index in [9.17, 15) is 4.79 Å². The van der Waals surface area contributed by atoms with E-state index in [1.54, 1.807) is 31.2 Å². The van der Waals surface area contributed by atoms with Crippen LogP contribution in [-0.2, 0) is 4.79 Å². The Bertz CT molecular complexity index is 635. The Balaban J connectivity index is 1.94. The summed E-state index contributed by atoms with van der Waals surface area (Å²) in [4.78, 5) is 19.6. The van der Waals surface area contributed by atoms with Gasteiger partial charge in [-0.2, -0.15) is 0 Å². The smallest absolute Gasteiger partial charge is 0.262 e. The van der Waals surface area contributed by atoms with Crippen LogP contribution in [0.4, 0.5) is 5.69 Å². The molecule has 0 aliphatic rings. The number of benzene rings is 1. The number of carbonyl (C=O) groups excluding carboxylic acids is 1. The number of anilines is 1. The molecule has 0 aliphatic heterocycles. The first-order chi connectivity index (χ1) is 9.56. The molecule has 0 bridgehead atoms. The maximum Gasteiger partial charge on any atom is 0.262 e. The number of hydrogen-bond acceptors (Lipinski definition) is 4. The van der Waals surface area contributed by atoms with Gasteiger partial charge in [0.05, 0.1) is 15.7 Å². The summed E-state index contributed by atoms with van der Waals surface area (Å²) in [6, 6.07) is 6.62. The first-order valence-electron chi connectivity index (χ1n) is 5.71. The summed E-state index contributed by atoms with van der Waals surface area (Å²) in [5, 5.41) is 3.28. The number of hydrogen-bond donors (Lipinski definition) is 1. The average molecular weight is 312 g/mol. The van der Waals surface area contributed by atoms with Gasteiger partial charge in [-0.3, -0.25) is 4.79 Å². The van der Waals surface area contributed by atoms with Gasteiger partial charge in [-0.1, -0.05) is 29.3 Å². The molecule has 1 amide bonds.